The van der Waals surface area contributed by atoms with Crippen molar-refractivity contribution in [1.29, 1.82) is 5.26 Å². The van der Waals surface area contributed by atoms with Crippen LogP contribution in [0.3, 0.4) is 0 Å². The van der Waals surface area contributed by atoms with Crippen LogP contribution >= 0.6 is 0 Å². The molecule has 1 saturated carbocycles. The maximum Gasteiger partial charge on any atom is 0.164 e. The summed E-state index contributed by atoms with van der Waals surface area (Å²) in [5.41, 5.74) is 8.04. The van der Waals surface area contributed by atoms with Crippen molar-refractivity contribution >= 4 is 21.9 Å². The number of furan rings is 1. The van der Waals surface area contributed by atoms with Crippen LogP contribution in [0, 0.1) is 17.2 Å². The molecule has 9 rings (SSSR count). The first-order valence-corrected chi connectivity index (χ1v) is 15.9. The van der Waals surface area contributed by atoms with Crippen LogP contribution in [0.1, 0.15) is 49.1 Å². The van der Waals surface area contributed by atoms with E-state index in [2.05, 4.69) is 54.6 Å². The van der Waals surface area contributed by atoms with E-state index in [1.165, 1.54) is 30.4 Å². The normalized spacial score (nSPS) is 19.8. The van der Waals surface area contributed by atoms with E-state index in [-0.39, 0.29) is 11.3 Å². The van der Waals surface area contributed by atoms with Gasteiger partial charge in [0, 0.05) is 44.4 Å². The van der Waals surface area contributed by atoms with E-state index in [9.17, 15) is 5.26 Å². The molecule has 216 valence electrons. The lowest BCUT2D eigenvalue weighted by molar-refractivity contribution is 0.232. The van der Waals surface area contributed by atoms with E-state index in [4.69, 9.17) is 19.4 Å². The van der Waals surface area contributed by atoms with Gasteiger partial charge in [-0.25, -0.2) is 15.0 Å². The molecule has 0 saturated heterocycles. The van der Waals surface area contributed by atoms with E-state index in [1.807, 2.05) is 60.7 Å². The Morgan fingerprint density at radius 2 is 1.38 bits per heavy atom. The Morgan fingerprint density at radius 3 is 2.18 bits per heavy atom. The molecular weight excluding hydrogens is 552 g/mol. The summed E-state index contributed by atoms with van der Waals surface area (Å²) >= 11 is 0. The third kappa shape index (κ3) is 4.02. The van der Waals surface area contributed by atoms with Crippen molar-refractivity contribution in [1.82, 2.24) is 15.0 Å². The second-order valence-corrected chi connectivity index (χ2v) is 12.6. The molecule has 0 N–H and O–H groups in total. The van der Waals surface area contributed by atoms with Gasteiger partial charge in [0.2, 0.25) is 0 Å². The molecule has 1 spiro atoms. The first-order valence-electron chi connectivity index (χ1n) is 15.9. The maximum atomic E-state index is 10.1. The Bertz CT molecular complexity index is 2230. The van der Waals surface area contributed by atoms with Gasteiger partial charge in [-0.1, -0.05) is 98.1 Å². The van der Waals surface area contributed by atoms with Gasteiger partial charge in [0.1, 0.15) is 11.2 Å². The van der Waals surface area contributed by atoms with Gasteiger partial charge in [0.15, 0.2) is 17.5 Å². The molecule has 2 atom stereocenters. The molecule has 2 unspecified atom stereocenters. The minimum Gasteiger partial charge on any atom is -0.456 e. The third-order valence-electron chi connectivity index (χ3n) is 10.3. The second kappa shape index (κ2) is 10.1. The number of allylic oxidation sites excluding steroid dienone is 4. The minimum absolute atomic E-state index is 0.0333. The number of rotatable bonds is 3. The Hall–Kier alpha value is -5.34. The van der Waals surface area contributed by atoms with Crippen LogP contribution < -0.4 is 0 Å². The van der Waals surface area contributed by atoms with Crippen molar-refractivity contribution in [2.45, 2.75) is 43.4 Å². The smallest absolute Gasteiger partial charge is 0.164 e. The SMILES string of the molecule is N#CC1=CC=CC2C1c1ccc(-c3nc(-c4ccccc4)nc(-c4ccc5c(c4)oc4ccccc45)n3)cc1C21CCCCC1. The van der Waals surface area contributed by atoms with Crippen molar-refractivity contribution in [3.63, 3.8) is 0 Å². The number of para-hydroxylation sites is 1. The van der Waals surface area contributed by atoms with Crippen LogP contribution in [0.25, 0.3) is 56.1 Å². The number of nitriles is 1. The fourth-order valence-corrected chi connectivity index (χ4v) is 8.24. The van der Waals surface area contributed by atoms with Crippen molar-refractivity contribution in [3.8, 4) is 40.2 Å². The molecule has 0 bridgehead atoms. The predicted molar refractivity (Wildman–Crippen MR) is 177 cm³/mol. The number of aromatic nitrogens is 3. The average Bonchev–Trinajstić information content (AvgIpc) is 3.61. The van der Waals surface area contributed by atoms with Crippen molar-refractivity contribution < 1.29 is 4.42 Å². The molecule has 0 amide bonds. The zero-order valence-electron chi connectivity index (χ0n) is 24.8. The van der Waals surface area contributed by atoms with Crippen molar-refractivity contribution in [3.05, 3.63) is 126 Å². The van der Waals surface area contributed by atoms with E-state index in [1.54, 1.807) is 0 Å². The molecule has 5 nitrogen and oxygen atoms in total. The van der Waals surface area contributed by atoms with Crippen LogP contribution in [-0.4, -0.2) is 15.0 Å². The molecular formula is C40H30N4O. The molecule has 3 aliphatic rings. The highest BCUT2D eigenvalue weighted by molar-refractivity contribution is 6.05. The highest BCUT2D eigenvalue weighted by Gasteiger charge is 2.52. The molecule has 3 aliphatic carbocycles. The summed E-state index contributed by atoms with van der Waals surface area (Å²) in [6.07, 6.45) is 12.4. The van der Waals surface area contributed by atoms with Gasteiger partial charge in [-0.3, -0.25) is 0 Å². The molecule has 0 radical (unpaired) electrons. The summed E-state index contributed by atoms with van der Waals surface area (Å²) in [7, 11) is 0. The first kappa shape index (κ1) is 26.1. The Morgan fingerprint density at radius 1 is 0.689 bits per heavy atom. The number of hydrogen-bond donors (Lipinski definition) is 0. The summed E-state index contributed by atoms with van der Waals surface area (Å²) in [6.45, 7) is 0. The monoisotopic (exact) mass is 582 g/mol. The second-order valence-electron chi connectivity index (χ2n) is 12.6. The van der Waals surface area contributed by atoms with Crippen molar-refractivity contribution in [2.24, 2.45) is 5.92 Å². The van der Waals surface area contributed by atoms with Gasteiger partial charge in [-0.2, -0.15) is 5.26 Å². The summed E-state index contributed by atoms with van der Waals surface area (Å²) < 4.78 is 6.22. The summed E-state index contributed by atoms with van der Waals surface area (Å²) in [6, 6.07) is 33.7. The molecule has 2 heterocycles. The molecule has 1 fully saturated rings. The maximum absolute atomic E-state index is 10.1. The Kier molecular flexibility index (Phi) is 5.86. The summed E-state index contributed by atoms with van der Waals surface area (Å²) in [4.78, 5) is 15.1. The van der Waals surface area contributed by atoms with Gasteiger partial charge in [-0.05, 0) is 60.2 Å². The highest BCUT2D eigenvalue weighted by Crippen LogP contribution is 2.61. The van der Waals surface area contributed by atoms with Gasteiger partial charge < -0.3 is 4.42 Å². The first-order chi connectivity index (χ1) is 22.2. The fourth-order valence-electron chi connectivity index (χ4n) is 8.24. The average molecular weight is 583 g/mol. The molecule has 45 heavy (non-hydrogen) atoms. The topological polar surface area (TPSA) is 75.6 Å². The summed E-state index contributed by atoms with van der Waals surface area (Å²) in [5.74, 6) is 2.33. The molecule has 6 aromatic rings. The molecule has 0 aliphatic heterocycles. The Balaban J connectivity index is 1.22. The lowest BCUT2D eigenvalue weighted by Gasteiger charge is -2.41. The largest absolute Gasteiger partial charge is 0.456 e. The quantitative estimate of drug-likeness (QED) is 0.208. The van der Waals surface area contributed by atoms with Gasteiger partial charge in [0.05, 0.1) is 6.07 Å². The zero-order valence-corrected chi connectivity index (χ0v) is 24.8. The number of benzene rings is 4. The van der Waals surface area contributed by atoms with Crippen LogP contribution in [0.15, 0.2) is 119 Å². The van der Waals surface area contributed by atoms with Crippen molar-refractivity contribution in [2.75, 3.05) is 0 Å². The lowest BCUT2D eigenvalue weighted by atomic mass is 9.62. The minimum atomic E-state index is 0.0333. The zero-order chi connectivity index (χ0) is 30.0. The van der Waals surface area contributed by atoms with E-state index >= 15 is 0 Å². The van der Waals surface area contributed by atoms with E-state index in [0.717, 1.165) is 57.0 Å². The highest BCUT2D eigenvalue weighted by atomic mass is 16.3. The van der Waals surface area contributed by atoms with Gasteiger partial charge in [-0.15, -0.1) is 0 Å². The summed E-state index contributed by atoms with van der Waals surface area (Å²) in [5, 5.41) is 12.3. The fraction of sp³-hybridized carbons (Fsp3) is 0.200. The van der Waals surface area contributed by atoms with E-state index < -0.39 is 0 Å². The lowest BCUT2D eigenvalue weighted by Crippen LogP contribution is -2.35. The van der Waals surface area contributed by atoms with E-state index in [0.29, 0.717) is 23.4 Å². The molecule has 2 aromatic heterocycles. The standard InChI is InChI=1S/C40H30N4O/c41-24-28-12-9-14-32-36(28)31-19-17-26(22-33(31)40(32)20-7-2-8-21-40)38-42-37(25-10-3-1-4-11-25)43-39(44-38)27-16-18-30-29-13-5-6-15-34(29)45-35(30)23-27/h1,3-6,9-19,22-23,32,36H,2,7-8,20-21H2. The van der Waals surface area contributed by atoms with Gasteiger partial charge in [0.25, 0.3) is 0 Å². The number of fused-ring (bicyclic) bond motifs is 8. The molecule has 5 heteroatoms. The Labute approximate surface area is 261 Å². The van der Waals surface area contributed by atoms with Crippen LogP contribution in [0.5, 0.6) is 0 Å². The predicted octanol–water partition coefficient (Wildman–Crippen LogP) is 9.71. The van der Waals surface area contributed by atoms with Gasteiger partial charge >= 0.3 is 0 Å². The number of nitrogens with zero attached hydrogens (tertiary/aromatic N) is 4. The van der Waals surface area contributed by atoms with Crippen LogP contribution in [0.4, 0.5) is 0 Å². The number of hydrogen-bond acceptors (Lipinski definition) is 5. The third-order valence-corrected chi connectivity index (χ3v) is 10.3. The van der Waals surface area contributed by atoms with Crippen LogP contribution in [-0.2, 0) is 5.41 Å². The van der Waals surface area contributed by atoms with Crippen LogP contribution in [0.2, 0.25) is 0 Å². The molecule has 4 aromatic carbocycles.